The number of anilines is 1. The van der Waals surface area contributed by atoms with E-state index in [1.54, 1.807) is 0 Å². The van der Waals surface area contributed by atoms with Gasteiger partial charge in [-0.25, -0.2) is 4.98 Å². The number of nitrogens with one attached hydrogen (secondary N) is 1. The van der Waals surface area contributed by atoms with Gasteiger partial charge in [-0.15, -0.1) is 11.3 Å². The highest BCUT2D eigenvalue weighted by Gasteiger charge is 2.24. The second-order valence-electron chi connectivity index (χ2n) is 8.81. The van der Waals surface area contributed by atoms with E-state index >= 15 is 0 Å². The Morgan fingerprint density at radius 3 is 2.41 bits per heavy atom. The van der Waals surface area contributed by atoms with Crippen molar-refractivity contribution >= 4 is 22.4 Å². The zero-order chi connectivity index (χ0) is 23.5. The Bertz CT molecular complexity index is 1220. The summed E-state index contributed by atoms with van der Waals surface area (Å²) in [7, 11) is 0. The molecule has 5 rings (SSSR count). The maximum atomic E-state index is 13.4. The first-order chi connectivity index (χ1) is 16.6. The Labute approximate surface area is 204 Å². The maximum Gasteiger partial charge on any atom is 0.238 e. The fourth-order valence-electron chi connectivity index (χ4n) is 4.75. The van der Waals surface area contributed by atoms with E-state index in [0.29, 0.717) is 5.13 Å². The van der Waals surface area contributed by atoms with Crippen LogP contribution in [0.5, 0.6) is 0 Å². The molecule has 1 saturated heterocycles. The van der Waals surface area contributed by atoms with E-state index < -0.39 is 5.92 Å². The summed E-state index contributed by atoms with van der Waals surface area (Å²) >= 11 is 1.46. The normalized spacial score (nSPS) is 15.7. The fourth-order valence-corrected chi connectivity index (χ4v) is 5.47. The molecule has 0 aliphatic carbocycles. The number of aryl methyl sites for hydroxylation is 1. The summed E-state index contributed by atoms with van der Waals surface area (Å²) < 4.78 is 8.17. The molecule has 0 saturated carbocycles. The fraction of sp³-hybridized carbons (Fsp3) is 0.286. The van der Waals surface area contributed by atoms with Crippen LogP contribution < -0.4 is 5.32 Å². The number of aromatic nitrogens is 2. The van der Waals surface area contributed by atoms with Crippen LogP contribution in [-0.4, -0.2) is 28.2 Å². The number of hydrogen-bond donors (Lipinski definition) is 1. The van der Waals surface area contributed by atoms with Crippen LogP contribution in [0.3, 0.4) is 0 Å². The Balaban J connectivity index is 1.37. The monoisotopic (exact) mass is 471 g/mol. The highest BCUT2D eigenvalue weighted by atomic mass is 32.1. The highest BCUT2D eigenvalue weighted by molar-refractivity contribution is 7.14. The number of nitrogens with zero attached hydrogens (tertiary/aromatic N) is 2. The molecule has 4 aromatic rings. The Kier molecular flexibility index (Phi) is 6.61. The molecule has 0 radical (unpaired) electrons. The third kappa shape index (κ3) is 4.69. The van der Waals surface area contributed by atoms with Crippen LogP contribution in [0.25, 0.3) is 11.3 Å². The van der Waals surface area contributed by atoms with Crippen LogP contribution in [0.15, 0.2) is 72.1 Å². The van der Waals surface area contributed by atoms with E-state index in [1.165, 1.54) is 22.7 Å². The van der Waals surface area contributed by atoms with Gasteiger partial charge in [-0.1, -0.05) is 60.7 Å². The summed E-state index contributed by atoms with van der Waals surface area (Å²) in [5, 5.41) is 5.70. The first-order valence-corrected chi connectivity index (χ1v) is 12.6. The largest absolute Gasteiger partial charge is 0.376 e. The number of carbonyl (C=O) groups is 1. The highest BCUT2D eigenvalue weighted by Crippen LogP contribution is 2.32. The molecular formula is C28H29N3O2S. The van der Waals surface area contributed by atoms with Gasteiger partial charge in [-0.3, -0.25) is 4.79 Å². The molecule has 1 aliphatic heterocycles. The summed E-state index contributed by atoms with van der Waals surface area (Å²) in [6.45, 7) is 6.00. The van der Waals surface area contributed by atoms with Gasteiger partial charge in [0.1, 0.15) is 0 Å². The first-order valence-electron chi connectivity index (χ1n) is 11.7. The lowest BCUT2D eigenvalue weighted by Gasteiger charge is -2.17. The van der Waals surface area contributed by atoms with E-state index in [4.69, 9.17) is 9.72 Å². The second kappa shape index (κ2) is 9.95. The van der Waals surface area contributed by atoms with Crippen molar-refractivity contribution in [2.45, 2.75) is 45.3 Å². The summed E-state index contributed by atoms with van der Waals surface area (Å²) in [6.07, 6.45) is 2.54. The number of carbonyl (C=O) groups excluding carboxylic acids is 1. The Morgan fingerprint density at radius 1 is 1.12 bits per heavy atom. The Morgan fingerprint density at radius 2 is 1.79 bits per heavy atom. The summed E-state index contributed by atoms with van der Waals surface area (Å²) in [5.41, 5.74) is 6.30. The molecule has 1 N–H and O–H groups in total. The third-order valence-electron chi connectivity index (χ3n) is 6.52. The molecule has 0 spiro atoms. The smallest absolute Gasteiger partial charge is 0.238 e. The van der Waals surface area contributed by atoms with Gasteiger partial charge in [-0.05, 0) is 43.9 Å². The average Bonchev–Trinajstić information content (AvgIpc) is 3.59. The minimum atomic E-state index is -0.397. The van der Waals surface area contributed by atoms with Crippen LogP contribution in [0, 0.1) is 13.8 Å². The Hall–Kier alpha value is -3.22. The van der Waals surface area contributed by atoms with Crippen molar-refractivity contribution in [3.63, 3.8) is 0 Å². The lowest BCUT2D eigenvalue weighted by molar-refractivity contribution is -0.116. The first kappa shape index (κ1) is 22.6. The zero-order valence-corrected chi connectivity index (χ0v) is 20.3. The summed E-state index contributed by atoms with van der Waals surface area (Å²) in [6, 6.07) is 21.9. The van der Waals surface area contributed by atoms with Crippen molar-refractivity contribution in [2.24, 2.45) is 0 Å². The maximum absolute atomic E-state index is 13.4. The summed E-state index contributed by atoms with van der Waals surface area (Å²) in [4.78, 5) is 18.2. The number of benzene rings is 2. The van der Waals surface area contributed by atoms with Crippen molar-refractivity contribution in [3.05, 3.63) is 94.6 Å². The molecule has 1 fully saturated rings. The molecule has 174 valence electrons. The molecule has 1 amide bonds. The van der Waals surface area contributed by atoms with E-state index in [0.717, 1.165) is 48.4 Å². The van der Waals surface area contributed by atoms with Gasteiger partial charge in [0, 0.05) is 35.5 Å². The molecule has 0 unspecified atom stereocenters. The van der Waals surface area contributed by atoms with E-state index in [2.05, 4.69) is 29.8 Å². The molecule has 6 heteroatoms. The lowest BCUT2D eigenvalue weighted by Crippen LogP contribution is -2.22. The molecule has 34 heavy (non-hydrogen) atoms. The predicted molar refractivity (Wildman–Crippen MR) is 137 cm³/mol. The molecule has 3 heterocycles. The van der Waals surface area contributed by atoms with Crippen molar-refractivity contribution in [1.82, 2.24) is 9.55 Å². The zero-order valence-electron chi connectivity index (χ0n) is 19.5. The SMILES string of the molecule is Cc1cc(-c2csc(NC(=O)C(c3ccccc3)c3ccccc3)n2)c(C)n1C[C@H]1CCCO1. The van der Waals surface area contributed by atoms with Gasteiger partial charge in [0.15, 0.2) is 5.13 Å². The second-order valence-corrected chi connectivity index (χ2v) is 9.67. The van der Waals surface area contributed by atoms with Crippen LogP contribution >= 0.6 is 11.3 Å². The van der Waals surface area contributed by atoms with Crippen LogP contribution in [0.4, 0.5) is 5.13 Å². The van der Waals surface area contributed by atoms with E-state index in [-0.39, 0.29) is 12.0 Å². The number of rotatable bonds is 7. The predicted octanol–water partition coefficient (Wildman–Crippen LogP) is 6.18. The van der Waals surface area contributed by atoms with Gasteiger partial charge in [-0.2, -0.15) is 0 Å². The lowest BCUT2D eigenvalue weighted by atomic mass is 9.90. The van der Waals surface area contributed by atoms with Gasteiger partial charge in [0.05, 0.1) is 17.7 Å². The van der Waals surface area contributed by atoms with Crippen molar-refractivity contribution in [3.8, 4) is 11.3 Å². The van der Waals surface area contributed by atoms with E-state index in [9.17, 15) is 4.79 Å². The van der Waals surface area contributed by atoms with Gasteiger partial charge in [0.2, 0.25) is 5.91 Å². The van der Waals surface area contributed by atoms with Crippen molar-refractivity contribution in [1.29, 1.82) is 0 Å². The molecule has 2 aromatic carbocycles. The average molecular weight is 472 g/mol. The molecule has 1 atom stereocenters. The number of thiazole rings is 1. The molecule has 2 aromatic heterocycles. The van der Waals surface area contributed by atoms with E-state index in [1.807, 2.05) is 66.0 Å². The van der Waals surface area contributed by atoms with Crippen molar-refractivity contribution in [2.75, 3.05) is 11.9 Å². The molecule has 5 nitrogen and oxygen atoms in total. The molecule has 1 aliphatic rings. The van der Waals surface area contributed by atoms with Gasteiger partial charge in [0.25, 0.3) is 0 Å². The number of amides is 1. The van der Waals surface area contributed by atoms with Gasteiger partial charge < -0.3 is 14.6 Å². The number of hydrogen-bond acceptors (Lipinski definition) is 4. The van der Waals surface area contributed by atoms with Crippen LogP contribution in [0.1, 0.15) is 41.3 Å². The minimum Gasteiger partial charge on any atom is -0.376 e. The van der Waals surface area contributed by atoms with Crippen LogP contribution in [0.2, 0.25) is 0 Å². The molecule has 0 bridgehead atoms. The molecular weight excluding hydrogens is 442 g/mol. The summed E-state index contributed by atoms with van der Waals surface area (Å²) in [5.74, 6) is -0.478. The number of ether oxygens (including phenoxy) is 1. The van der Waals surface area contributed by atoms with Gasteiger partial charge >= 0.3 is 0 Å². The van der Waals surface area contributed by atoms with Crippen molar-refractivity contribution < 1.29 is 9.53 Å². The third-order valence-corrected chi connectivity index (χ3v) is 7.28. The standard InChI is InChI=1S/C28H29N3O2S/c1-19-16-24(20(2)31(19)17-23-14-9-15-33-23)25-18-34-28(29-25)30-27(32)26(21-10-5-3-6-11-21)22-12-7-4-8-13-22/h3-8,10-13,16,18,23,26H,9,14-15,17H2,1-2H3,(H,29,30,32)/t23-/m1/s1. The minimum absolute atomic E-state index is 0.0813. The topological polar surface area (TPSA) is 56.2 Å². The quantitative estimate of drug-likeness (QED) is 0.350. The van der Waals surface area contributed by atoms with Crippen LogP contribution in [-0.2, 0) is 16.1 Å².